The maximum Gasteiger partial charge on any atom is 0.509 e. The molecule has 2 aliphatic rings. The van der Waals surface area contributed by atoms with Gasteiger partial charge in [0.2, 0.25) is 6.10 Å². The molecule has 1 unspecified atom stereocenters. The van der Waals surface area contributed by atoms with Gasteiger partial charge in [0.1, 0.15) is 0 Å². The summed E-state index contributed by atoms with van der Waals surface area (Å²) in [7, 11) is 0. The molecule has 2 rings (SSSR count). The zero-order valence-electron chi connectivity index (χ0n) is 7.69. The Bertz CT molecular complexity index is 266. The maximum absolute atomic E-state index is 10.9. The highest BCUT2D eigenvalue weighted by atomic mass is 16.8. The topological polar surface area (TPSA) is 72.8 Å². The van der Waals surface area contributed by atoms with Crippen LogP contribution in [0.15, 0.2) is 0 Å². The Morgan fingerprint density at radius 2 is 2.00 bits per heavy atom. The summed E-state index contributed by atoms with van der Waals surface area (Å²) in [4.78, 5) is 21.8. The van der Waals surface area contributed by atoms with Crippen LogP contribution in [0.1, 0.15) is 32.1 Å². The first kappa shape index (κ1) is 9.30. The summed E-state index contributed by atoms with van der Waals surface area (Å²) in [5.74, 6) is -1.11. The summed E-state index contributed by atoms with van der Waals surface area (Å²) in [5, 5.41) is 8.89. The summed E-state index contributed by atoms with van der Waals surface area (Å²) in [6, 6.07) is 0. The van der Waals surface area contributed by atoms with Gasteiger partial charge in [0.05, 0.1) is 0 Å². The molecule has 14 heavy (non-hydrogen) atoms. The van der Waals surface area contributed by atoms with Gasteiger partial charge in [-0.15, -0.1) is 0 Å². The van der Waals surface area contributed by atoms with Crippen molar-refractivity contribution >= 4 is 12.1 Å². The van der Waals surface area contributed by atoms with Gasteiger partial charge in [-0.05, 0) is 25.7 Å². The number of cyclic esters (lactones) is 1. The highest BCUT2D eigenvalue weighted by Crippen LogP contribution is 2.40. The molecule has 2 fully saturated rings. The van der Waals surface area contributed by atoms with Crippen LogP contribution in [0.5, 0.6) is 0 Å². The van der Waals surface area contributed by atoms with Crippen LogP contribution in [0.3, 0.4) is 0 Å². The summed E-state index contributed by atoms with van der Waals surface area (Å²) in [6.07, 6.45) is 2.06. The number of carbonyl (C=O) groups excluding carboxylic acids is 1. The molecule has 0 radical (unpaired) electrons. The molecule has 0 bridgehead atoms. The number of ether oxygens (including phenoxy) is 2. The molecule has 0 aromatic rings. The van der Waals surface area contributed by atoms with E-state index in [1.165, 1.54) is 0 Å². The Hall–Kier alpha value is -1.26. The first-order valence-corrected chi connectivity index (χ1v) is 4.76. The number of rotatable bonds is 1. The lowest BCUT2D eigenvalue weighted by Gasteiger charge is -2.31. The van der Waals surface area contributed by atoms with E-state index in [1.807, 2.05) is 0 Å². The Kier molecular flexibility index (Phi) is 2.09. The van der Waals surface area contributed by atoms with Crippen LogP contribution in [0.2, 0.25) is 0 Å². The average Bonchev–Trinajstić information content (AvgIpc) is 2.44. The van der Waals surface area contributed by atoms with E-state index in [0.29, 0.717) is 12.8 Å². The molecule has 5 nitrogen and oxygen atoms in total. The van der Waals surface area contributed by atoms with E-state index in [-0.39, 0.29) is 0 Å². The molecule has 0 amide bonds. The van der Waals surface area contributed by atoms with Crippen LogP contribution in [-0.4, -0.2) is 28.9 Å². The molecule has 1 aliphatic carbocycles. The normalized spacial score (nSPS) is 29.7. The fourth-order valence-corrected chi connectivity index (χ4v) is 2.24. The Labute approximate surface area is 81.0 Å². The van der Waals surface area contributed by atoms with E-state index < -0.39 is 23.8 Å². The number of aliphatic carboxylic acids is 1. The molecule has 5 heteroatoms. The first-order valence-electron chi connectivity index (χ1n) is 4.76. The molecule has 1 atom stereocenters. The van der Waals surface area contributed by atoms with Crippen molar-refractivity contribution < 1.29 is 24.2 Å². The standard InChI is InChI=1S/C9H12O5/c10-7(11)6-9(14-8(12)13-6)4-2-1-3-5-9/h6H,1-5H2,(H,10,11). The molecule has 1 saturated heterocycles. The van der Waals surface area contributed by atoms with Crippen LogP contribution in [0, 0.1) is 0 Å². The van der Waals surface area contributed by atoms with Crippen molar-refractivity contribution in [3.8, 4) is 0 Å². The lowest BCUT2D eigenvalue weighted by atomic mass is 9.81. The van der Waals surface area contributed by atoms with Gasteiger partial charge in [-0.3, -0.25) is 0 Å². The van der Waals surface area contributed by atoms with Crippen molar-refractivity contribution in [2.45, 2.75) is 43.8 Å². The van der Waals surface area contributed by atoms with Crippen molar-refractivity contribution in [3.63, 3.8) is 0 Å². The van der Waals surface area contributed by atoms with Crippen molar-refractivity contribution in [2.24, 2.45) is 0 Å². The van der Waals surface area contributed by atoms with Gasteiger partial charge in [-0.25, -0.2) is 9.59 Å². The quantitative estimate of drug-likeness (QED) is 0.646. The second kappa shape index (κ2) is 3.15. The lowest BCUT2D eigenvalue weighted by Crippen LogP contribution is -2.46. The predicted molar refractivity (Wildman–Crippen MR) is 44.8 cm³/mol. The molecule has 78 valence electrons. The Morgan fingerprint density at radius 3 is 2.57 bits per heavy atom. The molecule has 1 saturated carbocycles. The van der Waals surface area contributed by atoms with E-state index in [2.05, 4.69) is 4.74 Å². The van der Waals surface area contributed by atoms with Gasteiger partial charge in [0, 0.05) is 0 Å². The van der Waals surface area contributed by atoms with Crippen LogP contribution in [0.25, 0.3) is 0 Å². The number of carboxylic acids is 1. The average molecular weight is 200 g/mol. The third-order valence-corrected chi connectivity index (χ3v) is 2.90. The van der Waals surface area contributed by atoms with Gasteiger partial charge >= 0.3 is 12.1 Å². The zero-order valence-corrected chi connectivity index (χ0v) is 7.69. The Balaban J connectivity index is 2.21. The van der Waals surface area contributed by atoms with Crippen LogP contribution in [0.4, 0.5) is 4.79 Å². The van der Waals surface area contributed by atoms with Crippen molar-refractivity contribution in [1.82, 2.24) is 0 Å². The SMILES string of the molecule is O=C1OC(C(=O)O)C2(CCCCC2)O1. The van der Waals surface area contributed by atoms with Crippen molar-refractivity contribution in [3.05, 3.63) is 0 Å². The smallest absolute Gasteiger partial charge is 0.478 e. The van der Waals surface area contributed by atoms with Crippen LogP contribution >= 0.6 is 0 Å². The zero-order chi connectivity index (χ0) is 10.2. The van der Waals surface area contributed by atoms with Gasteiger partial charge in [0.15, 0.2) is 5.60 Å². The largest absolute Gasteiger partial charge is 0.509 e. The van der Waals surface area contributed by atoms with Crippen LogP contribution < -0.4 is 0 Å². The van der Waals surface area contributed by atoms with E-state index in [4.69, 9.17) is 9.84 Å². The van der Waals surface area contributed by atoms with Gasteiger partial charge in [-0.1, -0.05) is 6.42 Å². The fourth-order valence-electron chi connectivity index (χ4n) is 2.24. The fraction of sp³-hybridized carbons (Fsp3) is 0.778. The summed E-state index contributed by atoms with van der Waals surface area (Å²) < 4.78 is 9.68. The van der Waals surface area contributed by atoms with E-state index in [1.54, 1.807) is 0 Å². The number of hydrogen-bond donors (Lipinski definition) is 1. The third kappa shape index (κ3) is 1.32. The molecule has 1 N–H and O–H groups in total. The van der Waals surface area contributed by atoms with Gasteiger partial charge in [-0.2, -0.15) is 0 Å². The second-order valence-corrected chi connectivity index (χ2v) is 3.81. The van der Waals surface area contributed by atoms with E-state index in [0.717, 1.165) is 19.3 Å². The molecule has 1 aliphatic heterocycles. The number of carboxylic acid groups (broad SMARTS) is 1. The maximum atomic E-state index is 10.9. The highest BCUT2D eigenvalue weighted by Gasteiger charge is 2.55. The van der Waals surface area contributed by atoms with Gasteiger partial charge < -0.3 is 14.6 Å². The minimum Gasteiger partial charge on any atom is -0.478 e. The van der Waals surface area contributed by atoms with Gasteiger partial charge in [0.25, 0.3) is 0 Å². The first-order chi connectivity index (χ1) is 6.64. The molecule has 1 spiro atoms. The number of carbonyl (C=O) groups is 2. The lowest BCUT2D eigenvalue weighted by molar-refractivity contribution is -0.151. The summed E-state index contributed by atoms with van der Waals surface area (Å²) >= 11 is 0. The summed E-state index contributed by atoms with van der Waals surface area (Å²) in [6.45, 7) is 0. The molecule has 0 aromatic carbocycles. The van der Waals surface area contributed by atoms with E-state index >= 15 is 0 Å². The predicted octanol–water partition coefficient (Wildman–Crippen LogP) is 1.31. The minimum absolute atomic E-state index is 0.593. The number of hydrogen-bond acceptors (Lipinski definition) is 4. The highest BCUT2D eigenvalue weighted by molar-refractivity contribution is 5.80. The molecular formula is C9H12O5. The summed E-state index contributed by atoms with van der Waals surface area (Å²) in [5.41, 5.74) is -0.888. The third-order valence-electron chi connectivity index (χ3n) is 2.90. The molecule has 1 heterocycles. The van der Waals surface area contributed by atoms with Crippen molar-refractivity contribution in [2.75, 3.05) is 0 Å². The second-order valence-electron chi connectivity index (χ2n) is 3.81. The molecule has 0 aromatic heterocycles. The molecular weight excluding hydrogens is 188 g/mol. The van der Waals surface area contributed by atoms with Crippen LogP contribution in [-0.2, 0) is 14.3 Å². The monoisotopic (exact) mass is 200 g/mol. The van der Waals surface area contributed by atoms with E-state index in [9.17, 15) is 9.59 Å². The van der Waals surface area contributed by atoms with Crippen molar-refractivity contribution in [1.29, 1.82) is 0 Å². The Morgan fingerprint density at radius 1 is 1.36 bits per heavy atom. The minimum atomic E-state index is -1.12.